The number of allylic oxidation sites excluding steroid dienone is 3. The van der Waals surface area contributed by atoms with Gasteiger partial charge in [-0.1, -0.05) is 59.8 Å². The number of rotatable bonds is 0. The molecular weight excluding hydrogens is 242 g/mol. The van der Waals surface area contributed by atoms with Gasteiger partial charge in [-0.3, -0.25) is 0 Å². The second-order valence-corrected chi connectivity index (χ2v) is 7.71. The molecule has 2 rings (SSSR count). The van der Waals surface area contributed by atoms with E-state index in [9.17, 15) is 0 Å². The van der Waals surface area contributed by atoms with Crippen molar-refractivity contribution in [2.45, 2.75) is 53.4 Å². The Morgan fingerprint density at radius 1 is 0.950 bits per heavy atom. The maximum absolute atomic E-state index is 3.42. The number of hydrogen-bond acceptors (Lipinski definition) is 1. The fourth-order valence-electron chi connectivity index (χ4n) is 2.44. The van der Waals surface area contributed by atoms with Crippen LogP contribution in [0.15, 0.2) is 42.1 Å². The quantitative estimate of drug-likeness (QED) is 0.661. The van der Waals surface area contributed by atoms with Gasteiger partial charge in [-0.25, -0.2) is 0 Å². The molecule has 1 heteroatoms. The summed E-state index contributed by atoms with van der Waals surface area (Å²) >= 11 is 0. The van der Waals surface area contributed by atoms with Crippen LogP contribution in [0.5, 0.6) is 0 Å². The first-order chi connectivity index (χ1) is 9.18. The van der Waals surface area contributed by atoms with Crippen molar-refractivity contribution in [3.63, 3.8) is 0 Å². The van der Waals surface area contributed by atoms with E-state index in [2.05, 4.69) is 83.4 Å². The standard InChI is InChI=1S/C19H27N/c1-18(2,3)15-8-7-14-13-16(19(4,5)6)9-10-17(14)20-12-11-15/h8-13,20H,7H2,1-6H3. The average Bonchev–Trinajstić information content (AvgIpc) is 2.26. The molecule has 0 aromatic heterocycles. The molecule has 0 spiro atoms. The second kappa shape index (κ2) is 5.12. The first-order valence-electron chi connectivity index (χ1n) is 7.45. The summed E-state index contributed by atoms with van der Waals surface area (Å²) in [5.74, 6) is 0. The maximum atomic E-state index is 3.42. The van der Waals surface area contributed by atoms with Gasteiger partial charge < -0.3 is 5.32 Å². The monoisotopic (exact) mass is 269 g/mol. The summed E-state index contributed by atoms with van der Waals surface area (Å²) in [6.45, 7) is 13.6. The lowest BCUT2D eigenvalue weighted by Crippen LogP contribution is -2.13. The zero-order chi connectivity index (χ0) is 15.0. The number of benzene rings is 1. The molecule has 1 aliphatic heterocycles. The van der Waals surface area contributed by atoms with Crippen molar-refractivity contribution < 1.29 is 0 Å². The van der Waals surface area contributed by atoms with Crippen LogP contribution in [0.4, 0.5) is 5.69 Å². The van der Waals surface area contributed by atoms with Gasteiger partial charge >= 0.3 is 0 Å². The van der Waals surface area contributed by atoms with Crippen molar-refractivity contribution in [1.82, 2.24) is 0 Å². The summed E-state index contributed by atoms with van der Waals surface area (Å²) in [4.78, 5) is 0. The molecule has 0 saturated carbocycles. The van der Waals surface area contributed by atoms with E-state index in [0.717, 1.165) is 6.42 Å². The van der Waals surface area contributed by atoms with Crippen molar-refractivity contribution in [2.24, 2.45) is 5.41 Å². The highest BCUT2D eigenvalue weighted by Crippen LogP contribution is 2.31. The predicted octanol–water partition coefficient (Wildman–Crippen LogP) is 5.44. The third kappa shape index (κ3) is 3.33. The van der Waals surface area contributed by atoms with Gasteiger partial charge in [-0.15, -0.1) is 0 Å². The Hall–Kier alpha value is -1.50. The van der Waals surface area contributed by atoms with E-state index >= 15 is 0 Å². The van der Waals surface area contributed by atoms with Gasteiger partial charge in [0, 0.05) is 11.9 Å². The lowest BCUT2D eigenvalue weighted by atomic mass is 9.83. The van der Waals surface area contributed by atoms with Crippen molar-refractivity contribution in [2.75, 3.05) is 5.32 Å². The molecule has 20 heavy (non-hydrogen) atoms. The number of fused-ring (bicyclic) bond motifs is 1. The third-order valence-electron chi connectivity index (χ3n) is 3.88. The molecule has 0 aliphatic carbocycles. The molecule has 0 saturated heterocycles. The van der Waals surface area contributed by atoms with Gasteiger partial charge in [0.25, 0.3) is 0 Å². The Labute approximate surface area is 123 Å². The van der Waals surface area contributed by atoms with Crippen LogP contribution < -0.4 is 5.32 Å². The van der Waals surface area contributed by atoms with Crippen LogP contribution in [0.25, 0.3) is 0 Å². The zero-order valence-electron chi connectivity index (χ0n) is 13.7. The fraction of sp³-hybridized carbons (Fsp3) is 0.474. The molecule has 0 amide bonds. The van der Waals surface area contributed by atoms with Crippen molar-refractivity contribution in [3.8, 4) is 0 Å². The van der Waals surface area contributed by atoms with Crippen LogP contribution in [0, 0.1) is 5.41 Å². The molecule has 0 atom stereocenters. The van der Waals surface area contributed by atoms with Gasteiger partial charge in [0.05, 0.1) is 0 Å². The van der Waals surface area contributed by atoms with E-state index in [1.54, 1.807) is 0 Å². The molecule has 1 heterocycles. The van der Waals surface area contributed by atoms with Gasteiger partial charge in [-0.05, 0) is 46.1 Å². The SMILES string of the molecule is CC(C)(C)C1=CCc2cc(C(C)(C)C)ccc2NC=C1. The minimum absolute atomic E-state index is 0.192. The van der Waals surface area contributed by atoms with E-state index in [4.69, 9.17) is 0 Å². The van der Waals surface area contributed by atoms with Gasteiger partial charge in [0.15, 0.2) is 0 Å². The van der Waals surface area contributed by atoms with Crippen LogP contribution >= 0.6 is 0 Å². The summed E-state index contributed by atoms with van der Waals surface area (Å²) in [7, 11) is 0. The summed E-state index contributed by atoms with van der Waals surface area (Å²) in [6.07, 6.45) is 7.61. The second-order valence-electron chi connectivity index (χ2n) is 7.71. The summed E-state index contributed by atoms with van der Waals surface area (Å²) in [5, 5.41) is 3.42. The van der Waals surface area contributed by atoms with Crippen molar-refractivity contribution in [1.29, 1.82) is 0 Å². The van der Waals surface area contributed by atoms with Crippen LogP contribution in [0.3, 0.4) is 0 Å². The molecule has 1 nitrogen and oxygen atoms in total. The molecule has 1 N–H and O–H groups in total. The van der Waals surface area contributed by atoms with Crippen LogP contribution in [-0.2, 0) is 11.8 Å². The van der Waals surface area contributed by atoms with Crippen LogP contribution in [0.2, 0.25) is 0 Å². The Morgan fingerprint density at radius 3 is 2.25 bits per heavy atom. The molecule has 0 radical (unpaired) electrons. The van der Waals surface area contributed by atoms with E-state index in [-0.39, 0.29) is 10.8 Å². The van der Waals surface area contributed by atoms with Gasteiger partial charge in [0.1, 0.15) is 0 Å². The topological polar surface area (TPSA) is 12.0 Å². The van der Waals surface area contributed by atoms with E-state index in [1.807, 2.05) is 0 Å². The summed E-state index contributed by atoms with van der Waals surface area (Å²) in [6, 6.07) is 6.78. The minimum atomic E-state index is 0.192. The van der Waals surface area contributed by atoms with Crippen molar-refractivity contribution in [3.05, 3.63) is 53.3 Å². The molecule has 0 unspecified atom stereocenters. The number of nitrogens with one attached hydrogen (secondary N) is 1. The highest BCUT2D eigenvalue weighted by molar-refractivity contribution is 5.57. The normalized spacial score (nSPS) is 15.8. The maximum Gasteiger partial charge on any atom is 0.0415 e. The van der Waals surface area contributed by atoms with E-state index in [1.165, 1.54) is 22.4 Å². The summed E-state index contributed by atoms with van der Waals surface area (Å²) < 4.78 is 0. The van der Waals surface area contributed by atoms with E-state index in [0.29, 0.717) is 0 Å². The number of hydrogen-bond donors (Lipinski definition) is 1. The summed E-state index contributed by atoms with van der Waals surface area (Å²) in [5.41, 5.74) is 5.77. The highest BCUT2D eigenvalue weighted by atomic mass is 14.8. The fourth-order valence-corrected chi connectivity index (χ4v) is 2.44. The molecule has 1 aliphatic rings. The van der Waals surface area contributed by atoms with Crippen LogP contribution in [-0.4, -0.2) is 0 Å². The van der Waals surface area contributed by atoms with Crippen molar-refractivity contribution >= 4 is 5.69 Å². The molecular formula is C19H27N. The first kappa shape index (κ1) is 14.9. The first-order valence-corrected chi connectivity index (χ1v) is 7.45. The van der Waals surface area contributed by atoms with E-state index < -0.39 is 0 Å². The van der Waals surface area contributed by atoms with Gasteiger partial charge in [0.2, 0.25) is 0 Å². The lowest BCUT2D eigenvalue weighted by Gasteiger charge is -2.24. The number of anilines is 1. The third-order valence-corrected chi connectivity index (χ3v) is 3.88. The highest BCUT2D eigenvalue weighted by Gasteiger charge is 2.18. The van der Waals surface area contributed by atoms with Gasteiger partial charge in [-0.2, -0.15) is 0 Å². The largest absolute Gasteiger partial charge is 0.361 e. The molecule has 1 aromatic carbocycles. The Morgan fingerprint density at radius 2 is 1.65 bits per heavy atom. The molecule has 0 fully saturated rings. The van der Waals surface area contributed by atoms with Crippen LogP contribution in [0.1, 0.15) is 52.7 Å². The predicted molar refractivity (Wildman–Crippen MR) is 89.1 cm³/mol. The minimum Gasteiger partial charge on any atom is -0.361 e. The molecule has 0 bridgehead atoms. The Balaban J connectivity index is 2.40. The molecule has 108 valence electrons. The smallest absolute Gasteiger partial charge is 0.0415 e. The average molecular weight is 269 g/mol. The zero-order valence-corrected chi connectivity index (χ0v) is 13.7. The Bertz CT molecular complexity index is 548. The molecule has 1 aromatic rings. The Kier molecular flexibility index (Phi) is 3.82. The lowest BCUT2D eigenvalue weighted by molar-refractivity contribution is 0.515.